The van der Waals surface area contributed by atoms with Crippen molar-refractivity contribution in [2.75, 3.05) is 26.7 Å². The van der Waals surface area contributed by atoms with Gasteiger partial charge in [-0.05, 0) is 32.1 Å². The number of carbonyl (C=O) groups is 1. The van der Waals surface area contributed by atoms with E-state index in [2.05, 4.69) is 17.1 Å². The zero-order chi connectivity index (χ0) is 13.3. The monoisotopic (exact) mass is 254 g/mol. The fourth-order valence-electron chi connectivity index (χ4n) is 3.37. The largest absolute Gasteiger partial charge is 0.378 e. The van der Waals surface area contributed by atoms with Crippen LogP contribution < -0.4 is 5.32 Å². The van der Waals surface area contributed by atoms with Gasteiger partial charge in [0.2, 0.25) is 5.91 Å². The molecule has 2 aliphatic rings. The van der Waals surface area contributed by atoms with Gasteiger partial charge in [0.1, 0.15) is 0 Å². The van der Waals surface area contributed by atoms with E-state index in [1.54, 1.807) is 7.11 Å². The van der Waals surface area contributed by atoms with Gasteiger partial charge in [0.15, 0.2) is 0 Å². The van der Waals surface area contributed by atoms with Crippen LogP contribution in [0.5, 0.6) is 0 Å². The van der Waals surface area contributed by atoms with Crippen LogP contribution in [-0.4, -0.2) is 49.2 Å². The number of amides is 1. The number of hydrogen-bond donors (Lipinski definition) is 1. The van der Waals surface area contributed by atoms with E-state index in [0.29, 0.717) is 24.3 Å². The molecule has 0 aromatic heterocycles. The standard InChI is InChI=1S/C14H26N2O2/c1-5-12-11-8-15-7-10(11)9-16(12)13(17)6-14(2,3)18-4/h10-12,15H,5-9H2,1-4H3. The summed E-state index contributed by atoms with van der Waals surface area (Å²) >= 11 is 0. The van der Waals surface area contributed by atoms with Gasteiger partial charge >= 0.3 is 0 Å². The second-order valence-electron chi connectivity index (χ2n) is 6.24. The van der Waals surface area contributed by atoms with E-state index >= 15 is 0 Å². The van der Waals surface area contributed by atoms with Crippen LogP contribution in [0.25, 0.3) is 0 Å². The number of carbonyl (C=O) groups excluding carboxylic acids is 1. The van der Waals surface area contributed by atoms with Crippen LogP contribution >= 0.6 is 0 Å². The SMILES string of the molecule is CCC1C2CNCC2CN1C(=O)CC(C)(C)OC. The van der Waals surface area contributed by atoms with Crippen LogP contribution in [0.15, 0.2) is 0 Å². The normalized spacial score (nSPS) is 31.8. The minimum absolute atomic E-state index is 0.253. The molecular weight excluding hydrogens is 228 g/mol. The van der Waals surface area contributed by atoms with Gasteiger partial charge in [-0.15, -0.1) is 0 Å². The lowest BCUT2D eigenvalue weighted by atomic mass is 9.92. The number of nitrogens with one attached hydrogen (secondary N) is 1. The van der Waals surface area contributed by atoms with Gasteiger partial charge in [-0.25, -0.2) is 0 Å². The summed E-state index contributed by atoms with van der Waals surface area (Å²) in [7, 11) is 1.67. The van der Waals surface area contributed by atoms with Crippen molar-refractivity contribution in [2.24, 2.45) is 11.8 Å². The highest BCUT2D eigenvalue weighted by Gasteiger charge is 2.45. The Morgan fingerprint density at radius 2 is 2.17 bits per heavy atom. The smallest absolute Gasteiger partial charge is 0.225 e. The summed E-state index contributed by atoms with van der Waals surface area (Å²) in [6.45, 7) is 9.20. The Kier molecular flexibility index (Phi) is 3.97. The first-order valence-corrected chi connectivity index (χ1v) is 7.04. The summed E-state index contributed by atoms with van der Waals surface area (Å²) in [4.78, 5) is 14.6. The third-order valence-electron chi connectivity index (χ3n) is 4.59. The van der Waals surface area contributed by atoms with Crippen LogP contribution in [0, 0.1) is 11.8 Å². The molecule has 0 aromatic rings. The average molecular weight is 254 g/mol. The molecule has 2 heterocycles. The predicted octanol–water partition coefficient (Wildman–Crippen LogP) is 1.26. The highest BCUT2D eigenvalue weighted by molar-refractivity contribution is 5.78. The number of likely N-dealkylation sites (tertiary alicyclic amines) is 1. The Labute approximate surface area is 110 Å². The minimum atomic E-state index is -0.356. The zero-order valence-electron chi connectivity index (χ0n) is 12.0. The van der Waals surface area contributed by atoms with E-state index in [0.717, 1.165) is 26.1 Å². The summed E-state index contributed by atoms with van der Waals surface area (Å²) in [6.07, 6.45) is 1.54. The number of rotatable bonds is 4. The summed E-state index contributed by atoms with van der Waals surface area (Å²) in [5.41, 5.74) is -0.356. The fraction of sp³-hybridized carbons (Fsp3) is 0.929. The number of fused-ring (bicyclic) bond motifs is 1. The maximum atomic E-state index is 12.4. The predicted molar refractivity (Wildman–Crippen MR) is 71.3 cm³/mol. The molecule has 3 unspecified atom stereocenters. The Morgan fingerprint density at radius 1 is 1.44 bits per heavy atom. The first kappa shape index (κ1) is 13.8. The Bertz CT molecular complexity index is 317. The van der Waals surface area contributed by atoms with Gasteiger partial charge in [-0.3, -0.25) is 4.79 Å². The summed E-state index contributed by atoms with van der Waals surface area (Å²) in [5, 5.41) is 3.44. The second-order valence-corrected chi connectivity index (χ2v) is 6.24. The lowest BCUT2D eigenvalue weighted by Crippen LogP contribution is -2.42. The van der Waals surface area contributed by atoms with E-state index in [9.17, 15) is 4.79 Å². The van der Waals surface area contributed by atoms with E-state index in [1.807, 2.05) is 13.8 Å². The van der Waals surface area contributed by atoms with Crippen LogP contribution in [0.1, 0.15) is 33.6 Å². The summed E-state index contributed by atoms with van der Waals surface area (Å²) in [5.74, 6) is 1.57. The highest BCUT2D eigenvalue weighted by Crippen LogP contribution is 2.35. The first-order valence-electron chi connectivity index (χ1n) is 7.04. The van der Waals surface area contributed by atoms with Crippen LogP contribution in [0.2, 0.25) is 0 Å². The molecule has 0 bridgehead atoms. The average Bonchev–Trinajstić information content (AvgIpc) is 2.87. The molecule has 1 amide bonds. The molecule has 0 spiro atoms. The Balaban J connectivity index is 2.02. The molecule has 104 valence electrons. The van der Waals surface area contributed by atoms with Gasteiger partial charge in [-0.1, -0.05) is 6.92 Å². The Hall–Kier alpha value is -0.610. The summed E-state index contributed by atoms with van der Waals surface area (Å²) in [6, 6.07) is 0.421. The van der Waals surface area contributed by atoms with Crippen molar-refractivity contribution in [1.29, 1.82) is 0 Å². The van der Waals surface area contributed by atoms with Crippen molar-refractivity contribution >= 4 is 5.91 Å². The second kappa shape index (κ2) is 5.17. The van der Waals surface area contributed by atoms with Gasteiger partial charge in [0.25, 0.3) is 0 Å². The van der Waals surface area contributed by atoms with Crippen molar-refractivity contribution in [2.45, 2.75) is 45.3 Å². The van der Waals surface area contributed by atoms with Crippen molar-refractivity contribution in [3.8, 4) is 0 Å². The molecule has 3 atom stereocenters. The molecule has 4 nitrogen and oxygen atoms in total. The number of hydrogen-bond acceptors (Lipinski definition) is 3. The maximum absolute atomic E-state index is 12.4. The number of nitrogens with zero attached hydrogens (tertiary/aromatic N) is 1. The molecule has 0 radical (unpaired) electrons. The van der Waals surface area contributed by atoms with Gasteiger partial charge < -0.3 is 15.0 Å². The molecule has 2 saturated heterocycles. The summed E-state index contributed by atoms with van der Waals surface area (Å²) < 4.78 is 5.37. The fourth-order valence-corrected chi connectivity index (χ4v) is 3.37. The molecule has 1 N–H and O–H groups in total. The van der Waals surface area contributed by atoms with E-state index < -0.39 is 0 Å². The minimum Gasteiger partial charge on any atom is -0.378 e. The quantitative estimate of drug-likeness (QED) is 0.821. The molecule has 0 aliphatic carbocycles. The van der Waals surface area contributed by atoms with Gasteiger partial charge in [0.05, 0.1) is 12.0 Å². The molecule has 0 saturated carbocycles. The third kappa shape index (κ3) is 2.54. The maximum Gasteiger partial charge on any atom is 0.225 e. The lowest BCUT2D eigenvalue weighted by Gasteiger charge is -2.30. The van der Waals surface area contributed by atoms with E-state index in [4.69, 9.17) is 4.74 Å². The molecule has 2 aliphatic heterocycles. The lowest BCUT2D eigenvalue weighted by molar-refractivity contribution is -0.137. The highest BCUT2D eigenvalue weighted by atomic mass is 16.5. The van der Waals surface area contributed by atoms with Crippen LogP contribution in [0.4, 0.5) is 0 Å². The molecule has 2 rings (SSSR count). The van der Waals surface area contributed by atoms with Crippen molar-refractivity contribution in [3.63, 3.8) is 0 Å². The van der Waals surface area contributed by atoms with E-state index in [-0.39, 0.29) is 11.5 Å². The van der Waals surface area contributed by atoms with Crippen molar-refractivity contribution in [1.82, 2.24) is 10.2 Å². The molecule has 0 aromatic carbocycles. The number of ether oxygens (including phenoxy) is 1. The topological polar surface area (TPSA) is 41.6 Å². The van der Waals surface area contributed by atoms with Crippen molar-refractivity contribution < 1.29 is 9.53 Å². The van der Waals surface area contributed by atoms with E-state index in [1.165, 1.54) is 0 Å². The van der Waals surface area contributed by atoms with Gasteiger partial charge in [0, 0.05) is 32.8 Å². The molecule has 4 heteroatoms. The van der Waals surface area contributed by atoms with Crippen LogP contribution in [-0.2, 0) is 9.53 Å². The van der Waals surface area contributed by atoms with Crippen molar-refractivity contribution in [3.05, 3.63) is 0 Å². The third-order valence-corrected chi connectivity index (χ3v) is 4.59. The molecule has 2 fully saturated rings. The van der Waals surface area contributed by atoms with Crippen LogP contribution in [0.3, 0.4) is 0 Å². The van der Waals surface area contributed by atoms with Gasteiger partial charge in [-0.2, -0.15) is 0 Å². The number of methoxy groups -OCH3 is 1. The molecule has 18 heavy (non-hydrogen) atoms. The Morgan fingerprint density at radius 3 is 2.78 bits per heavy atom. The molecular formula is C14H26N2O2. The zero-order valence-corrected chi connectivity index (χ0v) is 12.0. The first-order chi connectivity index (χ1) is 8.48.